The van der Waals surface area contributed by atoms with E-state index < -0.39 is 0 Å². The van der Waals surface area contributed by atoms with Gasteiger partial charge in [0.05, 0.1) is 11.4 Å². The summed E-state index contributed by atoms with van der Waals surface area (Å²) in [6, 6.07) is 10.2. The summed E-state index contributed by atoms with van der Waals surface area (Å²) in [7, 11) is 0. The molecular weight excluding hydrogens is 210 g/mol. The van der Waals surface area contributed by atoms with Crippen LogP contribution in [0.1, 0.15) is 37.9 Å². The van der Waals surface area contributed by atoms with Crippen molar-refractivity contribution in [2.75, 3.05) is 5.73 Å². The summed E-state index contributed by atoms with van der Waals surface area (Å²) in [5.41, 5.74) is 9.42. The molecule has 0 spiro atoms. The topological polar surface area (TPSA) is 43.8 Å². The zero-order valence-corrected chi connectivity index (χ0v) is 10.6. The van der Waals surface area contributed by atoms with Crippen LogP contribution < -0.4 is 5.73 Å². The van der Waals surface area contributed by atoms with Crippen molar-refractivity contribution in [1.82, 2.24) is 9.78 Å². The molecule has 0 bridgehead atoms. The third-order valence-corrected chi connectivity index (χ3v) is 2.95. The van der Waals surface area contributed by atoms with Crippen LogP contribution in [-0.4, -0.2) is 9.78 Å². The van der Waals surface area contributed by atoms with Crippen molar-refractivity contribution in [3.05, 3.63) is 41.6 Å². The molecule has 17 heavy (non-hydrogen) atoms. The van der Waals surface area contributed by atoms with Crippen molar-refractivity contribution in [1.29, 1.82) is 0 Å². The first-order valence-corrected chi connectivity index (χ1v) is 6.07. The van der Waals surface area contributed by atoms with Crippen LogP contribution in [0, 0.1) is 0 Å². The standard InChI is InChI=1S/C14H19N3/c1-4-11-7-5-6-8-13(11)17-14(15)9-12(16-17)10(2)3/h5-10H,4,15H2,1-3H3. The molecular formula is C14H19N3. The van der Waals surface area contributed by atoms with Crippen LogP contribution in [0.5, 0.6) is 0 Å². The molecule has 0 fully saturated rings. The van der Waals surface area contributed by atoms with E-state index in [0.717, 1.165) is 17.8 Å². The van der Waals surface area contributed by atoms with Crippen LogP contribution in [0.15, 0.2) is 30.3 Å². The lowest BCUT2D eigenvalue weighted by atomic mass is 10.1. The fourth-order valence-corrected chi connectivity index (χ4v) is 1.91. The minimum absolute atomic E-state index is 0.396. The lowest BCUT2D eigenvalue weighted by Crippen LogP contribution is -2.05. The number of nitrogen functional groups attached to an aromatic ring is 1. The maximum absolute atomic E-state index is 6.04. The summed E-state index contributed by atoms with van der Waals surface area (Å²) < 4.78 is 1.84. The van der Waals surface area contributed by atoms with E-state index in [9.17, 15) is 0 Å². The van der Waals surface area contributed by atoms with E-state index in [1.165, 1.54) is 5.56 Å². The Morgan fingerprint density at radius 3 is 2.59 bits per heavy atom. The van der Waals surface area contributed by atoms with E-state index in [0.29, 0.717) is 11.7 Å². The Bertz CT molecular complexity index is 512. The molecule has 2 N–H and O–H groups in total. The fourth-order valence-electron chi connectivity index (χ4n) is 1.91. The normalized spacial score (nSPS) is 11.1. The Morgan fingerprint density at radius 2 is 2.00 bits per heavy atom. The number of rotatable bonds is 3. The largest absolute Gasteiger partial charge is 0.384 e. The summed E-state index contributed by atoms with van der Waals surface area (Å²) in [5.74, 6) is 1.10. The summed E-state index contributed by atoms with van der Waals surface area (Å²) in [6.07, 6.45) is 0.979. The van der Waals surface area contributed by atoms with Gasteiger partial charge in [-0.1, -0.05) is 39.0 Å². The summed E-state index contributed by atoms with van der Waals surface area (Å²) in [5, 5.41) is 4.58. The van der Waals surface area contributed by atoms with Crippen molar-refractivity contribution in [3.8, 4) is 5.69 Å². The maximum Gasteiger partial charge on any atom is 0.127 e. The summed E-state index contributed by atoms with van der Waals surface area (Å²) in [6.45, 7) is 6.39. The van der Waals surface area contributed by atoms with Crippen LogP contribution in [0.2, 0.25) is 0 Å². The highest BCUT2D eigenvalue weighted by molar-refractivity contribution is 5.48. The first kappa shape index (κ1) is 11.7. The molecule has 0 aliphatic carbocycles. The molecule has 2 rings (SSSR count). The minimum Gasteiger partial charge on any atom is -0.384 e. The van der Waals surface area contributed by atoms with E-state index >= 15 is 0 Å². The monoisotopic (exact) mass is 229 g/mol. The maximum atomic E-state index is 6.04. The van der Waals surface area contributed by atoms with Gasteiger partial charge in [0.15, 0.2) is 0 Å². The number of nitrogens with two attached hydrogens (primary N) is 1. The molecule has 0 saturated carbocycles. The average molecular weight is 229 g/mol. The van der Waals surface area contributed by atoms with Gasteiger partial charge >= 0.3 is 0 Å². The highest BCUT2D eigenvalue weighted by Gasteiger charge is 2.11. The molecule has 2 aromatic rings. The van der Waals surface area contributed by atoms with Gasteiger partial charge in [-0.3, -0.25) is 0 Å². The van der Waals surface area contributed by atoms with E-state index in [1.54, 1.807) is 0 Å². The molecule has 90 valence electrons. The van der Waals surface area contributed by atoms with Gasteiger partial charge in [-0.25, -0.2) is 4.68 Å². The van der Waals surface area contributed by atoms with Crippen LogP contribution >= 0.6 is 0 Å². The van der Waals surface area contributed by atoms with Gasteiger partial charge in [-0.2, -0.15) is 5.10 Å². The third kappa shape index (κ3) is 2.18. The zero-order chi connectivity index (χ0) is 12.4. The van der Waals surface area contributed by atoms with Crippen molar-refractivity contribution >= 4 is 5.82 Å². The molecule has 3 nitrogen and oxygen atoms in total. The van der Waals surface area contributed by atoms with Crippen molar-refractivity contribution in [3.63, 3.8) is 0 Å². The number of hydrogen-bond acceptors (Lipinski definition) is 2. The molecule has 0 amide bonds. The van der Waals surface area contributed by atoms with Gasteiger partial charge in [-0.15, -0.1) is 0 Å². The van der Waals surface area contributed by atoms with Gasteiger partial charge in [-0.05, 0) is 24.0 Å². The van der Waals surface area contributed by atoms with Gasteiger partial charge in [0.1, 0.15) is 5.82 Å². The first-order valence-electron chi connectivity index (χ1n) is 6.07. The van der Waals surface area contributed by atoms with Gasteiger partial charge in [0, 0.05) is 6.07 Å². The Balaban J connectivity index is 2.52. The Kier molecular flexibility index (Phi) is 3.18. The molecule has 0 saturated heterocycles. The van der Waals surface area contributed by atoms with Crippen LogP contribution in [0.3, 0.4) is 0 Å². The smallest absolute Gasteiger partial charge is 0.127 e. The molecule has 0 unspecified atom stereocenters. The average Bonchev–Trinajstić information content (AvgIpc) is 2.71. The van der Waals surface area contributed by atoms with Gasteiger partial charge in [0.2, 0.25) is 0 Å². The molecule has 0 aliphatic rings. The van der Waals surface area contributed by atoms with Crippen LogP contribution in [-0.2, 0) is 6.42 Å². The highest BCUT2D eigenvalue weighted by atomic mass is 15.3. The Morgan fingerprint density at radius 1 is 1.29 bits per heavy atom. The number of benzene rings is 1. The van der Waals surface area contributed by atoms with Crippen molar-refractivity contribution < 1.29 is 0 Å². The Hall–Kier alpha value is -1.77. The summed E-state index contributed by atoms with van der Waals surface area (Å²) >= 11 is 0. The number of nitrogens with zero attached hydrogens (tertiary/aromatic N) is 2. The number of para-hydroxylation sites is 1. The number of anilines is 1. The van der Waals surface area contributed by atoms with Crippen molar-refractivity contribution in [2.24, 2.45) is 0 Å². The van der Waals surface area contributed by atoms with Crippen molar-refractivity contribution in [2.45, 2.75) is 33.1 Å². The van der Waals surface area contributed by atoms with E-state index in [1.807, 2.05) is 22.9 Å². The second-order valence-electron chi connectivity index (χ2n) is 4.54. The highest BCUT2D eigenvalue weighted by Crippen LogP contribution is 2.22. The summed E-state index contributed by atoms with van der Waals surface area (Å²) in [4.78, 5) is 0. The van der Waals surface area contributed by atoms with Gasteiger partial charge in [0.25, 0.3) is 0 Å². The van der Waals surface area contributed by atoms with E-state index in [4.69, 9.17) is 5.73 Å². The number of aryl methyl sites for hydroxylation is 1. The Labute approximate surface area is 102 Å². The molecule has 0 radical (unpaired) electrons. The molecule has 0 aliphatic heterocycles. The second-order valence-corrected chi connectivity index (χ2v) is 4.54. The quantitative estimate of drug-likeness (QED) is 0.878. The second kappa shape index (κ2) is 4.62. The SMILES string of the molecule is CCc1ccccc1-n1nc(C(C)C)cc1N. The molecule has 1 heterocycles. The molecule has 1 aromatic heterocycles. The lowest BCUT2D eigenvalue weighted by molar-refractivity contribution is 0.767. The molecule has 1 aromatic carbocycles. The number of aromatic nitrogens is 2. The zero-order valence-electron chi connectivity index (χ0n) is 10.6. The molecule has 3 heteroatoms. The van der Waals surface area contributed by atoms with Gasteiger partial charge < -0.3 is 5.73 Å². The van der Waals surface area contributed by atoms with Crippen LogP contribution in [0.25, 0.3) is 5.69 Å². The first-order chi connectivity index (χ1) is 8.13. The molecule has 0 atom stereocenters. The number of hydrogen-bond donors (Lipinski definition) is 1. The lowest BCUT2D eigenvalue weighted by Gasteiger charge is -2.09. The fraction of sp³-hybridized carbons (Fsp3) is 0.357. The van der Waals surface area contributed by atoms with E-state index in [2.05, 4.69) is 38.0 Å². The third-order valence-electron chi connectivity index (χ3n) is 2.95. The minimum atomic E-state index is 0.396. The predicted octanol–water partition coefficient (Wildman–Crippen LogP) is 3.14. The van der Waals surface area contributed by atoms with E-state index in [-0.39, 0.29) is 0 Å². The van der Waals surface area contributed by atoms with Crippen LogP contribution in [0.4, 0.5) is 5.82 Å². The predicted molar refractivity (Wildman–Crippen MR) is 71.4 cm³/mol.